The maximum absolute atomic E-state index is 11.2. The van der Waals surface area contributed by atoms with Gasteiger partial charge in [0.05, 0.1) is 5.69 Å². The van der Waals surface area contributed by atoms with E-state index < -0.39 is 0 Å². The van der Waals surface area contributed by atoms with Gasteiger partial charge in [-0.05, 0) is 18.2 Å². The van der Waals surface area contributed by atoms with Gasteiger partial charge in [0.25, 0.3) is 0 Å². The van der Waals surface area contributed by atoms with Gasteiger partial charge in [-0.2, -0.15) is 5.10 Å². The van der Waals surface area contributed by atoms with Crippen LogP contribution in [0.4, 0.5) is 0 Å². The monoisotopic (exact) mass is 234 g/mol. The molecule has 2 rings (SSSR count). The molecule has 0 radical (unpaired) electrons. The summed E-state index contributed by atoms with van der Waals surface area (Å²) >= 11 is 5.92. The smallest absolute Gasteiger partial charge is 0.180 e. The molecule has 0 bridgehead atoms. The Morgan fingerprint density at radius 3 is 2.69 bits per heavy atom. The predicted octanol–water partition coefficient (Wildman–Crippen LogP) is 2.94. The summed E-state index contributed by atoms with van der Waals surface area (Å²) in [6.07, 6.45) is 0. The Labute approximate surface area is 98.7 Å². The Balaban J connectivity index is 2.52. The van der Waals surface area contributed by atoms with E-state index >= 15 is 0 Å². The quantitative estimate of drug-likeness (QED) is 0.749. The molecule has 1 aromatic heterocycles. The molecule has 3 nitrogen and oxygen atoms in total. The second-order valence-corrected chi connectivity index (χ2v) is 4.04. The molecule has 2 aromatic rings. The lowest BCUT2D eigenvalue weighted by atomic mass is 10.1. The van der Waals surface area contributed by atoms with Gasteiger partial charge in [-0.25, -0.2) is 0 Å². The second kappa shape index (κ2) is 4.10. The topological polar surface area (TPSA) is 34.9 Å². The number of nitrogens with zero attached hydrogens (tertiary/aromatic N) is 2. The highest BCUT2D eigenvalue weighted by atomic mass is 35.5. The molecule has 0 atom stereocenters. The minimum atomic E-state index is -0.0381. The van der Waals surface area contributed by atoms with E-state index in [4.69, 9.17) is 11.6 Å². The summed E-state index contributed by atoms with van der Waals surface area (Å²) in [5.41, 5.74) is 2.31. The van der Waals surface area contributed by atoms with E-state index in [-0.39, 0.29) is 5.78 Å². The average molecular weight is 235 g/mol. The number of carbonyl (C=O) groups is 1. The zero-order chi connectivity index (χ0) is 11.7. The molecule has 0 N–H and O–H groups in total. The third-order valence-corrected chi connectivity index (χ3v) is 2.60. The number of hydrogen-bond acceptors (Lipinski definition) is 2. The van der Waals surface area contributed by atoms with Crippen molar-refractivity contribution in [2.45, 2.75) is 6.92 Å². The SMILES string of the molecule is CC(=O)c1cc(-c2cccc(Cl)c2)n(C)n1. The summed E-state index contributed by atoms with van der Waals surface area (Å²) in [4.78, 5) is 11.2. The van der Waals surface area contributed by atoms with Crippen LogP contribution >= 0.6 is 11.6 Å². The van der Waals surface area contributed by atoms with Crippen molar-refractivity contribution in [3.05, 3.63) is 41.0 Å². The first-order chi connectivity index (χ1) is 7.58. The predicted molar refractivity (Wildman–Crippen MR) is 63.7 cm³/mol. The van der Waals surface area contributed by atoms with Gasteiger partial charge in [-0.15, -0.1) is 0 Å². The lowest BCUT2D eigenvalue weighted by Crippen LogP contribution is -1.96. The number of aromatic nitrogens is 2. The maximum Gasteiger partial charge on any atom is 0.180 e. The number of hydrogen-bond donors (Lipinski definition) is 0. The molecule has 0 amide bonds. The number of halogens is 1. The van der Waals surface area contributed by atoms with E-state index in [1.807, 2.05) is 31.3 Å². The second-order valence-electron chi connectivity index (χ2n) is 3.60. The zero-order valence-electron chi connectivity index (χ0n) is 9.07. The van der Waals surface area contributed by atoms with E-state index in [0.29, 0.717) is 10.7 Å². The molecule has 82 valence electrons. The Kier molecular flexibility index (Phi) is 2.79. The van der Waals surface area contributed by atoms with Crippen LogP contribution in [0.5, 0.6) is 0 Å². The summed E-state index contributed by atoms with van der Waals surface area (Å²) in [6.45, 7) is 1.50. The zero-order valence-corrected chi connectivity index (χ0v) is 9.82. The molecule has 0 saturated carbocycles. The van der Waals surface area contributed by atoms with Crippen molar-refractivity contribution in [1.29, 1.82) is 0 Å². The summed E-state index contributed by atoms with van der Waals surface area (Å²) in [6, 6.07) is 9.24. The van der Waals surface area contributed by atoms with Gasteiger partial charge in [0.2, 0.25) is 0 Å². The molecule has 0 aliphatic heterocycles. The Bertz CT molecular complexity index is 546. The summed E-state index contributed by atoms with van der Waals surface area (Å²) in [5.74, 6) is -0.0381. The van der Waals surface area contributed by atoms with Crippen molar-refractivity contribution in [3.63, 3.8) is 0 Å². The largest absolute Gasteiger partial charge is 0.293 e. The van der Waals surface area contributed by atoms with Crippen LogP contribution < -0.4 is 0 Å². The molecule has 0 spiro atoms. The van der Waals surface area contributed by atoms with Gasteiger partial charge >= 0.3 is 0 Å². The lowest BCUT2D eigenvalue weighted by Gasteiger charge is -2.01. The minimum absolute atomic E-state index is 0.0381. The molecule has 0 saturated heterocycles. The van der Waals surface area contributed by atoms with Gasteiger partial charge in [0.15, 0.2) is 5.78 Å². The number of carbonyl (C=O) groups excluding carboxylic acids is 1. The number of ketones is 1. The molecular weight excluding hydrogens is 224 g/mol. The minimum Gasteiger partial charge on any atom is -0.293 e. The van der Waals surface area contributed by atoms with Crippen LogP contribution in [-0.4, -0.2) is 15.6 Å². The maximum atomic E-state index is 11.2. The molecular formula is C12H11ClN2O. The Morgan fingerprint density at radius 1 is 1.38 bits per heavy atom. The third kappa shape index (κ3) is 1.99. The molecule has 1 heterocycles. The highest BCUT2D eigenvalue weighted by Gasteiger charge is 2.10. The highest BCUT2D eigenvalue weighted by molar-refractivity contribution is 6.30. The first kappa shape index (κ1) is 10.9. The van der Waals surface area contributed by atoms with Crippen LogP contribution in [0.3, 0.4) is 0 Å². The van der Waals surface area contributed by atoms with Gasteiger partial charge in [0.1, 0.15) is 5.69 Å². The van der Waals surface area contributed by atoms with Crippen molar-refractivity contribution in [2.24, 2.45) is 7.05 Å². The summed E-state index contributed by atoms with van der Waals surface area (Å²) < 4.78 is 1.68. The standard InChI is InChI=1S/C12H11ClN2O/c1-8(16)11-7-12(15(2)14-11)9-4-3-5-10(13)6-9/h3-7H,1-2H3. The van der Waals surface area contributed by atoms with Gasteiger partial charge < -0.3 is 0 Å². The number of Topliss-reactive ketones (excluding diaryl/α,β-unsaturated/α-hetero) is 1. The van der Waals surface area contributed by atoms with Crippen LogP contribution in [0.15, 0.2) is 30.3 Å². The van der Waals surface area contributed by atoms with E-state index in [9.17, 15) is 4.79 Å². The fraction of sp³-hybridized carbons (Fsp3) is 0.167. The van der Waals surface area contributed by atoms with Crippen LogP contribution in [0.1, 0.15) is 17.4 Å². The number of benzene rings is 1. The molecule has 0 unspecified atom stereocenters. The van der Waals surface area contributed by atoms with Crippen molar-refractivity contribution in [2.75, 3.05) is 0 Å². The van der Waals surface area contributed by atoms with Crippen molar-refractivity contribution in [1.82, 2.24) is 9.78 Å². The Hall–Kier alpha value is -1.61. The fourth-order valence-corrected chi connectivity index (χ4v) is 1.75. The van der Waals surface area contributed by atoms with E-state index in [1.54, 1.807) is 10.7 Å². The first-order valence-electron chi connectivity index (χ1n) is 4.89. The fourth-order valence-electron chi connectivity index (χ4n) is 1.56. The normalized spacial score (nSPS) is 10.4. The van der Waals surface area contributed by atoms with Crippen molar-refractivity contribution in [3.8, 4) is 11.3 Å². The third-order valence-electron chi connectivity index (χ3n) is 2.36. The van der Waals surface area contributed by atoms with Gasteiger partial charge in [-0.3, -0.25) is 9.48 Å². The van der Waals surface area contributed by atoms with Gasteiger partial charge in [0, 0.05) is 24.6 Å². The molecule has 16 heavy (non-hydrogen) atoms. The molecule has 0 fully saturated rings. The van der Waals surface area contributed by atoms with Crippen LogP contribution in [0.25, 0.3) is 11.3 Å². The number of aryl methyl sites for hydroxylation is 1. The molecule has 1 aromatic carbocycles. The van der Waals surface area contributed by atoms with Crippen molar-refractivity contribution >= 4 is 17.4 Å². The number of rotatable bonds is 2. The van der Waals surface area contributed by atoms with E-state index in [0.717, 1.165) is 11.3 Å². The van der Waals surface area contributed by atoms with Crippen molar-refractivity contribution < 1.29 is 4.79 Å². The summed E-state index contributed by atoms with van der Waals surface area (Å²) in [5, 5.41) is 4.81. The lowest BCUT2D eigenvalue weighted by molar-refractivity contribution is 0.101. The highest BCUT2D eigenvalue weighted by Crippen LogP contribution is 2.23. The van der Waals surface area contributed by atoms with Crippen LogP contribution in [-0.2, 0) is 7.05 Å². The van der Waals surface area contributed by atoms with Gasteiger partial charge in [-0.1, -0.05) is 23.7 Å². The van der Waals surface area contributed by atoms with E-state index in [2.05, 4.69) is 5.10 Å². The molecule has 0 aliphatic rings. The summed E-state index contributed by atoms with van der Waals surface area (Å²) in [7, 11) is 1.81. The molecule has 0 aliphatic carbocycles. The molecule has 4 heteroatoms. The van der Waals surface area contributed by atoms with Crippen LogP contribution in [0.2, 0.25) is 5.02 Å². The first-order valence-corrected chi connectivity index (χ1v) is 5.26. The average Bonchev–Trinajstić information content (AvgIpc) is 2.60. The Morgan fingerprint density at radius 2 is 2.12 bits per heavy atom. The van der Waals surface area contributed by atoms with E-state index in [1.165, 1.54) is 6.92 Å². The van der Waals surface area contributed by atoms with Crippen LogP contribution in [0, 0.1) is 0 Å².